The van der Waals surface area contributed by atoms with Crippen molar-refractivity contribution in [1.82, 2.24) is 9.88 Å². The first-order valence-corrected chi connectivity index (χ1v) is 9.68. The maximum Gasteiger partial charge on any atom is 0.258 e. The number of hydrogen-bond acceptors (Lipinski definition) is 5. The molecule has 0 bridgehead atoms. The van der Waals surface area contributed by atoms with Gasteiger partial charge in [-0.05, 0) is 29.7 Å². The van der Waals surface area contributed by atoms with Crippen molar-refractivity contribution in [2.75, 3.05) is 26.3 Å². The van der Waals surface area contributed by atoms with Crippen LogP contribution in [0.2, 0.25) is 0 Å². The number of fused-ring (bicyclic) bond motifs is 1. The largest absolute Gasteiger partial charge is 0.378 e. The van der Waals surface area contributed by atoms with Crippen molar-refractivity contribution in [3.63, 3.8) is 0 Å². The Morgan fingerprint density at radius 1 is 1.13 bits per heavy atom. The van der Waals surface area contributed by atoms with Crippen molar-refractivity contribution in [3.05, 3.63) is 82.3 Å². The number of carbonyl (C=O) groups is 1. The second-order valence-corrected chi connectivity index (χ2v) is 6.96. The lowest BCUT2D eigenvalue weighted by Crippen LogP contribution is -2.71. The number of carbonyl (C=O) groups excluding carboxylic acids is 1. The summed E-state index contributed by atoms with van der Waals surface area (Å²) in [6.45, 7) is 2.33. The van der Waals surface area contributed by atoms with E-state index in [2.05, 4.69) is 10.1 Å². The number of rotatable bonds is 5. The fourth-order valence-corrected chi connectivity index (χ4v) is 3.39. The van der Waals surface area contributed by atoms with Crippen LogP contribution in [0.1, 0.15) is 15.9 Å². The summed E-state index contributed by atoms with van der Waals surface area (Å²) in [4.78, 5) is 29.5. The summed E-state index contributed by atoms with van der Waals surface area (Å²) in [5.74, 6) is -0.00932. The number of hydrogen-bond donors (Lipinski definition) is 3. The number of nitrogens with one attached hydrogen (secondary N) is 2. The molecule has 1 aliphatic heterocycles. The van der Waals surface area contributed by atoms with Crippen LogP contribution in [0.5, 0.6) is 0 Å². The molecule has 8 nitrogen and oxygen atoms in total. The Morgan fingerprint density at radius 2 is 1.87 bits per heavy atom. The molecule has 8 heteroatoms. The highest BCUT2D eigenvalue weighted by Gasteiger charge is 2.18. The zero-order chi connectivity index (χ0) is 20.9. The van der Waals surface area contributed by atoms with Crippen LogP contribution < -0.4 is 10.9 Å². The average molecular weight is 404 g/mol. The molecule has 0 atom stereocenters. The number of H-pyrrole nitrogens is 1. The molecule has 1 aliphatic rings. The van der Waals surface area contributed by atoms with Gasteiger partial charge in [0.15, 0.2) is 5.70 Å². The van der Waals surface area contributed by atoms with Crippen LogP contribution >= 0.6 is 0 Å². The summed E-state index contributed by atoms with van der Waals surface area (Å²) in [5.41, 5.74) is 9.99. The topological polar surface area (TPSA) is 115 Å². The SMILES string of the molecule is N=NC(=C[NH2+]c1ccc(C(=O)N2CCOCC2)cc1)c1cc2ccccc2[nH]c1=O. The number of nitrogens with two attached hydrogens (primary N) is 1. The minimum absolute atomic E-state index is 0.00932. The Hall–Kier alpha value is -3.62. The van der Waals surface area contributed by atoms with Crippen molar-refractivity contribution < 1.29 is 14.8 Å². The van der Waals surface area contributed by atoms with E-state index >= 15 is 0 Å². The van der Waals surface area contributed by atoms with Crippen LogP contribution in [-0.2, 0) is 4.74 Å². The van der Waals surface area contributed by atoms with Gasteiger partial charge < -0.3 is 14.6 Å². The van der Waals surface area contributed by atoms with Gasteiger partial charge in [0.25, 0.3) is 11.5 Å². The second kappa shape index (κ2) is 8.81. The molecule has 0 aliphatic carbocycles. The summed E-state index contributed by atoms with van der Waals surface area (Å²) < 4.78 is 5.28. The molecule has 1 amide bonds. The molecule has 0 unspecified atom stereocenters. The number of aromatic nitrogens is 1. The van der Waals surface area contributed by atoms with Crippen molar-refractivity contribution >= 4 is 28.2 Å². The van der Waals surface area contributed by atoms with E-state index in [0.29, 0.717) is 37.4 Å². The van der Waals surface area contributed by atoms with Crippen LogP contribution in [0.25, 0.3) is 16.6 Å². The predicted molar refractivity (Wildman–Crippen MR) is 112 cm³/mol. The molecule has 2 heterocycles. The van der Waals surface area contributed by atoms with Crippen molar-refractivity contribution in [2.24, 2.45) is 5.11 Å². The fraction of sp³-hybridized carbons (Fsp3) is 0.182. The number of quaternary nitrogens is 1. The molecule has 1 fully saturated rings. The number of morpholine rings is 1. The minimum atomic E-state index is -0.296. The molecular formula is C22H22N5O3+. The van der Waals surface area contributed by atoms with Gasteiger partial charge in [0.2, 0.25) is 0 Å². The van der Waals surface area contributed by atoms with E-state index < -0.39 is 0 Å². The van der Waals surface area contributed by atoms with E-state index in [1.807, 2.05) is 36.4 Å². The first-order chi connectivity index (χ1) is 14.7. The number of ether oxygens (including phenoxy) is 1. The van der Waals surface area contributed by atoms with E-state index in [1.54, 1.807) is 34.6 Å². The van der Waals surface area contributed by atoms with E-state index in [-0.39, 0.29) is 17.2 Å². The van der Waals surface area contributed by atoms with Crippen molar-refractivity contribution in [1.29, 1.82) is 5.53 Å². The zero-order valence-electron chi connectivity index (χ0n) is 16.3. The highest BCUT2D eigenvalue weighted by molar-refractivity contribution is 5.94. The molecule has 3 aromatic rings. The Balaban J connectivity index is 1.52. The number of aromatic amines is 1. The van der Waals surface area contributed by atoms with Gasteiger partial charge in [-0.3, -0.25) is 14.9 Å². The number of nitrogens with zero attached hydrogens (tertiary/aromatic N) is 2. The van der Waals surface area contributed by atoms with Crippen LogP contribution in [0.4, 0.5) is 5.69 Å². The van der Waals surface area contributed by atoms with Crippen molar-refractivity contribution in [3.8, 4) is 0 Å². The summed E-state index contributed by atoms with van der Waals surface area (Å²) in [7, 11) is 0. The quantitative estimate of drug-likeness (QED) is 0.447. The molecule has 0 saturated carbocycles. The molecule has 1 aromatic heterocycles. The number of para-hydroxylation sites is 1. The molecule has 4 rings (SSSR count). The van der Waals surface area contributed by atoms with Gasteiger partial charge in [-0.2, -0.15) is 5.11 Å². The number of pyridine rings is 1. The normalized spacial score (nSPS) is 14.7. The molecule has 1 saturated heterocycles. The van der Waals surface area contributed by atoms with Crippen molar-refractivity contribution in [2.45, 2.75) is 0 Å². The molecule has 0 spiro atoms. The minimum Gasteiger partial charge on any atom is -0.378 e. The maximum atomic E-state index is 12.5. The van der Waals surface area contributed by atoms with E-state index in [0.717, 1.165) is 16.6 Å². The molecule has 2 aromatic carbocycles. The second-order valence-electron chi connectivity index (χ2n) is 6.96. The summed E-state index contributed by atoms with van der Waals surface area (Å²) >= 11 is 0. The lowest BCUT2D eigenvalue weighted by Gasteiger charge is -2.26. The first kappa shape index (κ1) is 19.7. The third kappa shape index (κ3) is 4.19. The van der Waals surface area contributed by atoms with Crippen LogP contribution in [-0.4, -0.2) is 42.1 Å². The van der Waals surface area contributed by atoms with Crippen LogP contribution in [0, 0.1) is 5.53 Å². The summed E-state index contributed by atoms with van der Waals surface area (Å²) in [6.07, 6.45) is 1.63. The monoisotopic (exact) mass is 404 g/mol. The van der Waals surface area contributed by atoms with Gasteiger partial charge in [0.1, 0.15) is 11.9 Å². The Morgan fingerprint density at radius 3 is 2.60 bits per heavy atom. The van der Waals surface area contributed by atoms with Gasteiger partial charge in [0.05, 0.1) is 18.8 Å². The standard InChI is InChI=1S/C22H21N5O3/c23-26-20(18-13-16-3-1-2-4-19(16)25-21(18)28)14-24-17-7-5-15(6-8-17)22(29)27-9-11-30-12-10-27/h1-8,13-14,23-24H,9-12H2,(H,25,28)/p+1. The Labute approximate surface area is 172 Å². The number of benzene rings is 2. The lowest BCUT2D eigenvalue weighted by atomic mass is 10.1. The van der Waals surface area contributed by atoms with E-state index in [9.17, 15) is 9.59 Å². The third-order valence-electron chi connectivity index (χ3n) is 5.04. The van der Waals surface area contributed by atoms with Gasteiger partial charge in [0, 0.05) is 36.3 Å². The molecule has 152 valence electrons. The van der Waals surface area contributed by atoms with Gasteiger partial charge in [-0.1, -0.05) is 18.2 Å². The van der Waals surface area contributed by atoms with E-state index in [1.165, 1.54) is 0 Å². The predicted octanol–water partition coefficient (Wildman–Crippen LogP) is 2.22. The molecule has 30 heavy (non-hydrogen) atoms. The zero-order valence-corrected chi connectivity index (χ0v) is 16.3. The highest BCUT2D eigenvalue weighted by Crippen LogP contribution is 2.16. The summed E-state index contributed by atoms with van der Waals surface area (Å²) in [6, 6.07) is 16.4. The fourth-order valence-electron chi connectivity index (χ4n) is 3.39. The summed E-state index contributed by atoms with van der Waals surface area (Å²) in [5, 5.41) is 6.17. The molecule has 4 N–H and O–H groups in total. The smallest absolute Gasteiger partial charge is 0.258 e. The molecule has 0 radical (unpaired) electrons. The maximum absolute atomic E-state index is 12.5. The number of amides is 1. The van der Waals surface area contributed by atoms with Crippen LogP contribution in [0.3, 0.4) is 0 Å². The van der Waals surface area contributed by atoms with Crippen LogP contribution in [0.15, 0.2) is 70.7 Å². The lowest BCUT2D eigenvalue weighted by molar-refractivity contribution is -0.495. The third-order valence-corrected chi connectivity index (χ3v) is 5.04. The highest BCUT2D eigenvalue weighted by atomic mass is 16.5. The molecular weight excluding hydrogens is 382 g/mol. The Kier molecular flexibility index (Phi) is 5.78. The van der Waals surface area contributed by atoms with E-state index in [4.69, 9.17) is 10.3 Å². The first-order valence-electron chi connectivity index (χ1n) is 9.68. The van der Waals surface area contributed by atoms with Gasteiger partial charge >= 0.3 is 0 Å². The van der Waals surface area contributed by atoms with Gasteiger partial charge in [-0.15, -0.1) is 0 Å². The van der Waals surface area contributed by atoms with Gasteiger partial charge in [-0.25, -0.2) is 5.53 Å². The Bertz CT molecular complexity index is 1160. The average Bonchev–Trinajstić information content (AvgIpc) is 2.80.